The number of hydrogen-bond acceptors (Lipinski definition) is 5. The molecule has 0 heterocycles. The minimum atomic E-state index is -3.76. The van der Waals surface area contributed by atoms with E-state index in [0.717, 1.165) is 6.07 Å². The van der Waals surface area contributed by atoms with E-state index in [1.54, 1.807) is 6.92 Å². The molecule has 1 aromatic rings. The zero-order valence-corrected chi connectivity index (χ0v) is 14.1. The number of benzene rings is 1. The molecule has 7 nitrogen and oxygen atoms in total. The van der Waals surface area contributed by atoms with Crippen LogP contribution in [-0.2, 0) is 10.0 Å². The van der Waals surface area contributed by atoms with Crippen LogP contribution in [0.1, 0.15) is 25.8 Å². The molecule has 1 unspecified atom stereocenters. The van der Waals surface area contributed by atoms with Gasteiger partial charge in [-0.05, 0) is 25.3 Å². The van der Waals surface area contributed by atoms with E-state index in [1.807, 2.05) is 13.8 Å². The van der Waals surface area contributed by atoms with Crippen LogP contribution in [0.4, 0.5) is 5.69 Å². The molecular weight excluding hydrogens is 306 g/mol. The Morgan fingerprint density at radius 1 is 1.36 bits per heavy atom. The van der Waals surface area contributed by atoms with Crippen LogP contribution in [0.5, 0.6) is 0 Å². The second-order valence-electron chi connectivity index (χ2n) is 5.73. The Kier molecular flexibility index (Phi) is 6.04. The Bertz CT molecular complexity index is 643. The van der Waals surface area contributed by atoms with Crippen LogP contribution in [0.3, 0.4) is 0 Å². The predicted molar refractivity (Wildman–Crippen MR) is 85.1 cm³/mol. The van der Waals surface area contributed by atoms with E-state index < -0.39 is 14.9 Å². The lowest BCUT2D eigenvalue weighted by Crippen LogP contribution is -2.34. The van der Waals surface area contributed by atoms with Gasteiger partial charge in [-0.1, -0.05) is 19.9 Å². The summed E-state index contributed by atoms with van der Waals surface area (Å²) in [5.41, 5.74) is 6.14. The van der Waals surface area contributed by atoms with E-state index in [9.17, 15) is 18.5 Å². The fourth-order valence-electron chi connectivity index (χ4n) is 1.91. The van der Waals surface area contributed by atoms with Gasteiger partial charge in [0.15, 0.2) is 0 Å². The average molecular weight is 329 g/mol. The highest BCUT2D eigenvalue weighted by Gasteiger charge is 2.24. The molecule has 0 aliphatic rings. The van der Waals surface area contributed by atoms with Crippen molar-refractivity contribution in [1.29, 1.82) is 0 Å². The summed E-state index contributed by atoms with van der Waals surface area (Å²) in [5, 5.41) is 10.9. The van der Waals surface area contributed by atoms with Gasteiger partial charge in [0.1, 0.15) is 0 Å². The van der Waals surface area contributed by atoms with Crippen LogP contribution in [0.2, 0.25) is 0 Å². The minimum absolute atomic E-state index is 0.0783. The van der Waals surface area contributed by atoms with Gasteiger partial charge in [0.05, 0.1) is 9.82 Å². The largest absolute Gasteiger partial charge is 0.327 e. The number of hydrogen-bond donors (Lipinski definition) is 1. The molecule has 0 saturated heterocycles. The first kappa shape index (κ1) is 18.5. The molecule has 2 N–H and O–H groups in total. The molecule has 22 heavy (non-hydrogen) atoms. The second-order valence-corrected chi connectivity index (χ2v) is 7.77. The van der Waals surface area contributed by atoms with Crippen molar-refractivity contribution >= 4 is 15.7 Å². The van der Waals surface area contributed by atoms with E-state index in [-0.39, 0.29) is 29.1 Å². The summed E-state index contributed by atoms with van der Waals surface area (Å²) in [6.07, 6.45) is 0.529. The summed E-state index contributed by atoms with van der Waals surface area (Å²) in [7, 11) is -2.31. The van der Waals surface area contributed by atoms with Crippen LogP contribution < -0.4 is 5.73 Å². The molecule has 0 fully saturated rings. The lowest BCUT2D eigenvalue weighted by molar-refractivity contribution is -0.385. The third-order valence-electron chi connectivity index (χ3n) is 3.72. The van der Waals surface area contributed by atoms with Crippen molar-refractivity contribution in [2.75, 3.05) is 13.6 Å². The number of nitro benzene ring substituents is 1. The van der Waals surface area contributed by atoms with E-state index in [2.05, 4.69) is 0 Å². The SMILES string of the molecule is Cc1ccc(S(=O)(=O)N(C)CCC(N)C(C)C)cc1[N+](=O)[O-]. The van der Waals surface area contributed by atoms with Gasteiger partial charge in [-0.3, -0.25) is 10.1 Å². The molecule has 1 rings (SSSR count). The number of nitrogens with two attached hydrogens (primary N) is 1. The van der Waals surface area contributed by atoms with Crippen molar-refractivity contribution < 1.29 is 13.3 Å². The molecular formula is C14H23N3O4S. The van der Waals surface area contributed by atoms with Gasteiger partial charge in [0, 0.05) is 31.3 Å². The van der Waals surface area contributed by atoms with Crippen molar-refractivity contribution in [3.63, 3.8) is 0 Å². The average Bonchev–Trinajstić information content (AvgIpc) is 2.43. The lowest BCUT2D eigenvalue weighted by Gasteiger charge is -2.21. The summed E-state index contributed by atoms with van der Waals surface area (Å²) in [4.78, 5) is 10.3. The maximum atomic E-state index is 12.5. The number of aryl methyl sites for hydroxylation is 1. The first-order valence-electron chi connectivity index (χ1n) is 7.04. The quantitative estimate of drug-likeness (QED) is 0.607. The van der Waals surface area contributed by atoms with E-state index >= 15 is 0 Å². The standard InChI is InChI=1S/C14H23N3O4S/c1-10(2)13(15)7-8-16(4)22(20,21)12-6-5-11(3)14(9-12)17(18)19/h5-6,9-10,13H,7-8,15H2,1-4H3. The van der Waals surface area contributed by atoms with Gasteiger partial charge >= 0.3 is 0 Å². The van der Waals surface area contributed by atoms with Crippen molar-refractivity contribution in [2.45, 2.75) is 38.1 Å². The van der Waals surface area contributed by atoms with Crippen LogP contribution in [0.25, 0.3) is 0 Å². The van der Waals surface area contributed by atoms with Gasteiger partial charge in [0.25, 0.3) is 5.69 Å². The first-order valence-corrected chi connectivity index (χ1v) is 8.48. The Morgan fingerprint density at radius 2 is 1.95 bits per heavy atom. The molecule has 0 aliphatic heterocycles. The molecule has 0 spiro atoms. The van der Waals surface area contributed by atoms with E-state index in [4.69, 9.17) is 5.73 Å². The Labute approximate surface area is 131 Å². The Morgan fingerprint density at radius 3 is 2.45 bits per heavy atom. The predicted octanol–water partition coefficient (Wildman–Crippen LogP) is 1.90. The zero-order chi connectivity index (χ0) is 17.1. The summed E-state index contributed by atoms with van der Waals surface area (Å²) in [6, 6.07) is 3.84. The normalized spacial score (nSPS) is 13.6. The van der Waals surface area contributed by atoms with Gasteiger partial charge in [-0.15, -0.1) is 0 Å². The smallest absolute Gasteiger partial charge is 0.273 e. The topological polar surface area (TPSA) is 107 Å². The summed E-state index contributed by atoms with van der Waals surface area (Å²) in [5.74, 6) is 0.261. The molecule has 0 radical (unpaired) electrons. The third kappa shape index (κ3) is 4.25. The zero-order valence-electron chi connectivity index (χ0n) is 13.3. The Balaban J connectivity index is 2.99. The third-order valence-corrected chi connectivity index (χ3v) is 5.57. The second kappa shape index (κ2) is 7.17. The molecule has 1 atom stereocenters. The highest BCUT2D eigenvalue weighted by atomic mass is 32.2. The van der Waals surface area contributed by atoms with E-state index in [1.165, 1.54) is 23.5 Å². The highest BCUT2D eigenvalue weighted by Crippen LogP contribution is 2.24. The number of nitro groups is 1. The first-order chi connectivity index (χ1) is 10.1. The lowest BCUT2D eigenvalue weighted by atomic mass is 10.0. The summed E-state index contributed by atoms with van der Waals surface area (Å²) >= 11 is 0. The van der Waals surface area contributed by atoms with Gasteiger partial charge < -0.3 is 5.73 Å². The molecule has 0 saturated carbocycles. The number of nitrogens with zero attached hydrogens (tertiary/aromatic N) is 2. The molecule has 0 bridgehead atoms. The molecule has 8 heteroatoms. The van der Waals surface area contributed by atoms with Crippen molar-refractivity contribution in [2.24, 2.45) is 11.7 Å². The van der Waals surface area contributed by atoms with Crippen LogP contribution >= 0.6 is 0 Å². The van der Waals surface area contributed by atoms with Gasteiger partial charge in [-0.2, -0.15) is 0 Å². The van der Waals surface area contributed by atoms with Crippen LogP contribution in [-0.4, -0.2) is 37.3 Å². The van der Waals surface area contributed by atoms with Crippen molar-refractivity contribution in [1.82, 2.24) is 4.31 Å². The number of sulfonamides is 1. The maximum Gasteiger partial charge on any atom is 0.273 e. The fourth-order valence-corrected chi connectivity index (χ4v) is 3.12. The minimum Gasteiger partial charge on any atom is -0.327 e. The Hall–Kier alpha value is -1.51. The van der Waals surface area contributed by atoms with Gasteiger partial charge in [0.2, 0.25) is 10.0 Å². The summed E-state index contributed by atoms with van der Waals surface area (Å²) in [6.45, 7) is 5.79. The van der Waals surface area contributed by atoms with Crippen molar-refractivity contribution in [3.8, 4) is 0 Å². The van der Waals surface area contributed by atoms with Gasteiger partial charge in [-0.25, -0.2) is 12.7 Å². The maximum absolute atomic E-state index is 12.5. The molecule has 0 aliphatic carbocycles. The monoisotopic (exact) mass is 329 g/mol. The summed E-state index contributed by atoms with van der Waals surface area (Å²) < 4.78 is 26.1. The fraction of sp³-hybridized carbons (Fsp3) is 0.571. The molecule has 0 amide bonds. The van der Waals surface area contributed by atoms with E-state index in [0.29, 0.717) is 12.0 Å². The van der Waals surface area contributed by atoms with Crippen LogP contribution in [0, 0.1) is 23.0 Å². The van der Waals surface area contributed by atoms with Crippen LogP contribution in [0.15, 0.2) is 23.1 Å². The van der Waals surface area contributed by atoms with Crippen molar-refractivity contribution in [3.05, 3.63) is 33.9 Å². The molecule has 0 aromatic heterocycles. The molecule has 1 aromatic carbocycles. The number of rotatable bonds is 7. The highest BCUT2D eigenvalue weighted by molar-refractivity contribution is 7.89. The molecule has 124 valence electrons.